The molecule has 0 bridgehead atoms. The average Bonchev–Trinajstić information content (AvgIpc) is 3.38. The third-order valence-electron chi connectivity index (χ3n) is 6.23. The molecule has 3 unspecified atom stereocenters. The van der Waals surface area contributed by atoms with Crippen LogP contribution in [0.25, 0.3) is 0 Å². The number of rotatable bonds is 12. The molecule has 0 spiro atoms. The van der Waals surface area contributed by atoms with Crippen LogP contribution in [0.4, 0.5) is 9.18 Å². The van der Waals surface area contributed by atoms with E-state index >= 15 is 0 Å². The van der Waals surface area contributed by atoms with E-state index in [4.69, 9.17) is 19.9 Å². The van der Waals surface area contributed by atoms with Gasteiger partial charge in [0.05, 0.1) is 25.4 Å². The van der Waals surface area contributed by atoms with Crippen molar-refractivity contribution in [2.24, 2.45) is 5.73 Å². The normalized spacial score (nSPS) is 17.0. The van der Waals surface area contributed by atoms with E-state index in [0.29, 0.717) is 39.3 Å². The first-order valence-electron chi connectivity index (χ1n) is 12.3. The minimum absolute atomic E-state index is 0.152. The second-order valence-corrected chi connectivity index (χ2v) is 8.83. The summed E-state index contributed by atoms with van der Waals surface area (Å²) in [6.45, 7) is 5.99. The highest BCUT2D eigenvalue weighted by Crippen LogP contribution is 2.19. The number of benzene rings is 2. The smallest absolute Gasteiger partial charge is 0.410 e. The molecular formula is C27H36FN3O5. The van der Waals surface area contributed by atoms with Crippen LogP contribution in [-0.4, -0.2) is 72.8 Å². The summed E-state index contributed by atoms with van der Waals surface area (Å²) in [5.41, 5.74) is 7.84. The summed E-state index contributed by atoms with van der Waals surface area (Å²) in [6, 6.07) is 14.6. The maximum Gasteiger partial charge on any atom is 0.410 e. The molecule has 0 aromatic heterocycles. The summed E-state index contributed by atoms with van der Waals surface area (Å²) in [5.74, 6) is -0.495. The average molecular weight is 502 g/mol. The van der Waals surface area contributed by atoms with E-state index in [2.05, 4.69) is 0 Å². The lowest BCUT2D eigenvalue weighted by molar-refractivity contribution is -0.135. The number of carbonyl (C=O) groups excluding carboxylic acids is 2. The van der Waals surface area contributed by atoms with Gasteiger partial charge in [0.15, 0.2) is 0 Å². The van der Waals surface area contributed by atoms with E-state index in [0.717, 1.165) is 11.1 Å². The molecule has 1 saturated heterocycles. The lowest BCUT2D eigenvalue weighted by Crippen LogP contribution is -2.50. The zero-order valence-corrected chi connectivity index (χ0v) is 21.0. The van der Waals surface area contributed by atoms with Gasteiger partial charge >= 0.3 is 6.09 Å². The highest BCUT2D eigenvalue weighted by Gasteiger charge is 2.36. The Hall–Kier alpha value is -3.01. The minimum Gasteiger partial charge on any atom is -0.445 e. The predicted molar refractivity (Wildman–Crippen MR) is 133 cm³/mol. The Morgan fingerprint density at radius 1 is 1.11 bits per heavy atom. The zero-order chi connectivity index (χ0) is 25.9. The molecule has 36 heavy (non-hydrogen) atoms. The Morgan fingerprint density at radius 3 is 2.50 bits per heavy atom. The van der Waals surface area contributed by atoms with Crippen molar-refractivity contribution in [3.05, 3.63) is 71.5 Å². The summed E-state index contributed by atoms with van der Waals surface area (Å²) in [6.07, 6.45) is -0.247. The third-order valence-corrected chi connectivity index (χ3v) is 6.23. The van der Waals surface area contributed by atoms with Crippen molar-refractivity contribution >= 4 is 12.0 Å². The monoisotopic (exact) mass is 501 g/mol. The van der Waals surface area contributed by atoms with E-state index in [-0.39, 0.29) is 31.0 Å². The van der Waals surface area contributed by atoms with Crippen LogP contribution in [0.5, 0.6) is 0 Å². The zero-order valence-electron chi connectivity index (χ0n) is 21.0. The molecule has 0 saturated carbocycles. The van der Waals surface area contributed by atoms with Gasteiger partial charge in [-0.05, 0) is 43.5 Å². The highest BCUT2D eigenvalue weighted by atomic mass is 19.1. The molecule has 2 aromatic carbocycles. The van der Waals surface area contributed by atoms with Crippen LogP contribution in [0.2, 0.25) is 0 Å². The van der Waals surface area contributed by atoms with Crippen LogP contribution in [-0.2, 0) is 32.2 Å². The van der Waals surface area contributed by atoms with Gasteiger partial charge in [0, 0.05) is 26.2 Å². The van der Waals surface area contributed by atoms with Gasteiger partial charge < -0.3 is 29.7 Å². The SMILES string of the molecule is CCOC(C)C(N)C(=O)N1CCC(N(CCOCc2ccc(F)cc2)C(=O)OCc2ccccc2)C1. The molecule has 3 atom stereocenters. The quantitative estimate of drug-likeness (QED) is 0.449. The molecule has 1 aliphatic heterocycles. The van der Waals surface area contributed by atoms with E-state index in [9.17, 15) is 14.0 Å². The number of likely N-dealkylation sites (tertiary alicyclic amines) is 1. The maximum absolute atomic E-state index is 13.1. The number of halogens is 1. The van der Waals surface area contributed by atoms with Gasteiger partial charge in [-0.25, -0.2) is 9.18 Å². The summed E-state index contributed by atoms with van der Waals surface area (Å²) in [7, 11) is 0. The molecule has 8 nitrogen and oxygen atoms in total. The number of nitrogens with zero attached hydrogens (tertiary/aromatic N) is 2. The Labute approximate surface area is 212 Å². The molecule has 2 amide bonds. The van der Waals surface area contributed by atoms with Crippen LogP contribution in [0.1, 0.15) is 31.4 Å². The molecule has 0 radical (unpaired) electrons. The molecule has 9 heteroatoms. The van der Waals surface area contributed by atoms with Gasteiger partial charge in [0.25, 0.3) is 0 Å². The second-order valence-electron chi connectivity index (χ2n) is 8.83. The fourth-order valence-corrected chi connectivity index (χ4v) is 4.13. The first-order chi connectivity index (χ1) is 17.4. The molecule has 2 aromatic rings. The predicted octanol–water partition coefficient (Wildman–Crippen LogP) is 3.33. The number of hydrogen-bond acceptors (Lipinski definition) is 6. The number of nitrogens with two attached hydrogens (primary N) is 1. The van der Waals surface area contributed by atoms with Crippen LogP contribution in [0.15, 0.2) is 54.6 Å². The van der Waals surface area contributed by atoms with Crippen molar-refractivity contribution in [1.82, 2.24) is 9.80 Å². The molecule has 0 aliphatic carbocycles. The highest BCUT2D eigenvalue weighted by molar-refractivity contribution is 5.82. The van der Waals surface area contributed by atoms with Crippen LogP contribution in [0, 0.1) is 5.82 Å². The van der Waals surface area contributed by atoms with Crippen molar-refractivity contribution in [2.45, 2.75) is 51.7 Å². The van der Waals surface area contributed by atoms with E-state index in [1.807, 2.05) is 37.3 Å². The van der Waals surface area contributed by atoms with Gasteiger partial charge in [-0.2, -0.15) is 0 Å². The minimum atomic E-state index is -0.763. The first-order valence-corrected chi connectivity index (χ1v) is 12.3. The number of carbonyl (C=O) groups is 2. The molecule has 2 N–H and O–H groups in total. The standard InChI is InChI=1S/C27H36FN3O5/c1-3-35-20(2)25(29)26(32)30-14-13-24(17-30)31(27(33)36-19-21-7-5-4-6-8-21)15-16-34-18-22-9-11-23(28)12-10-22/h4-12,20,24-25H,3,13-19,29H2,1-2H3. The molecule has 1 aliphatic rings. The van der Waals surface area contributed by atoms with Gasteiger partial charge in [0.1, 0.15) is 18.5 Å². The number of amides is 2. The van der Waals surface area contributed by atoms with Crippen molar-refractivity contribution in [1.29, 1.82) is 0 Å². The summed E-state index contributed by atoms with van der Waals surface area (Å²) in [4.78, 5) is 29.3. The largest absolute Gasteiger partial charge is 0.445 e. The molecule has 196 valence electrons. The van der Waals surface area contributed by atoms with Gasteiger partial charge in [0.2, 0.25) is 5.91 Å². The van der Waals surface area contributed by atoms with E-state index in [1.54, 1.807) is 28.9 Å². The molecule has 3 rings (SSSR count). The first kappa shape index (κ1) is 27.6. The van der Waals surface area contributed by atoms with Crippen molar-refractivity contribution in [2.75, 3.05) is 32.8 Å². The van der Waals surface area contributed by atoms with Gasteiger partial charge in [-0.3, -0.25) is 4.79 Å². The van der Waals surface area contributed by atoms with Crippen LogP contribution < -0.4 is 5.73 Å². The maximum atomic E-state index is 13.1. The topological polar surface area (TPSA) is 94.3 Å². The van der Waals surface area contributed by atoms with E-state index in [1.165, 1.54) is 12.1 Å². The number of ether oxygens (including phenoxy) is 3. The van der Waals surface area contributed by atoms with Gasteiger partial charge in [-0.1, -0.05) is 42.5 Å². The molecular weight excluding hydrogens is 465 g/mol. The lowest BCUT2D eigenvalue weighted by Gasteiger charge is -2.29. The van der Waals surface area contributed by atoms with Gasteiger partial charge in [-0.15, -0.1) is 0 Å². The Balaban J connectivity index is 1.59. The Morgan fingerprint density at radius 2 is 1.81 bits per heavy atom. The fraction of sp³-hybridized carbons (Fsp3) is 0.481. The summed E-state index contributed by atoms with van der Waals surface area (Å²) < 4.78 is 29.9. The third kappa shape index (κ3) is 8.01. The summed E-state index contributed by atoms with van der Waals surface area (Å²) >= 11 is 0. The van der Waals surface area contributed by atoms with E-state index < -0.39 is 18.2 Å². The van der Waals surface area contributed by atoms with Crippen molar-refractivity contribution in [3.8, 4) is 0 Å². The second kappa shape index (κ2) is 13.9. The number of hydrogen-bond donors (Lipinski definition) is 1. The summed E-state index contributed by atoms with van der Waals surface area (Å²) in [5, 5.41) is 0. The molecule has 1 heterocycles. The molecule has 1 fully saturated rings. The fourth-order valence-electron chi connectivity index (χ4n) is 4.13. The Bertz CT molecular complexity index is 960. The van der Waals surface area contributed by atoms with Crippen LogP contribution >= 0.6 is 0 Å². The Kier molecular flexibility index (Phi) is 10.7. The van der Waals surface area contributed by atoms with Crippen molar-refractivity contribution < 1.29 is 28.2 Å². The lowest BCUT2D eigenvalue weighted by atomic mass is 10.1. The van der Waals surface area contributed by atoms with Crippen molar-refractivity contribution in [3.63, 3.8) is 0 Å². The van der Waals surface area contributed by atoms with Crippen LogP contribution in [0.3, 0.4) is 0 Å².